The van der Waals surface area contributed by atoms with Crippen molar-refractivity contribution in [3.8, 4) is 6.07 Å². The number of benzene rings is 1. The van der Waals surface area contributed by atoms with Gasteiger partial charge in [-0.3, -0.25) is 0 Å². The van der Waals surface area contributed by atoms with E-state index < -0.39 is 0 Å². The molecule has 0 fully saturated rings. The van der Waals surface area contributed by atoms with E-state index in [1.165, 1.54) is 0 Å². The molecular formula is C14H20N2OS. The molecule has 0 aliphatic rings. The number of methoxy groups -OCH3 is 1. The maximum atomic E-state index is 9.16. The van der Waals surface area contributed by atoms with E-state index in [9.17, 15) is 0 Å². The van der Waals surface area contributed by atoms with Crippen LogP contribution in [0.3, 0.4) is 0 Å². The Morgan fingerprint density at radius 1 is 1.44 bits per heavy atom. The number of hydrogen-bond acceptors (Lipinski definition) is 4. The van der Waals surface area contributed by atoms with Crippen molar-refractivity contribution in [3.05, 3.63) is 29.3 Å². The summed E-state index contributed by atoms with van der Waals surface area (Å²) in [6.45, 7) is 4.60. The van der Waals surface area contributed by atoms with Crippen molar-refractivity contribution in [1.29, 1.82) is 5.26 Å². The van der Waals surface area contributed by atoms with Crippen molar-refractivity contribution < 1.29 is 4.74 Å². The fourth-order valence-electron chi connectivity index (χ4n) is 1.56. The zero-order valence-corrected chi connectivity index (χ0v) is 11.8. The highest BCUT2D eigenvalue weighted by atomic mass is 32.2. The minimum Gasteiger partial charge on any atom is -0.385 e. The molecule has 18 heavy (non-hydrogen) atoms. The van der Waals surface area contributed by atoms with E-state index in [4.69, 9.17) is 10.00 Å². The Balaban J connectivity index is 2.60. The molecule has 0 aliphatic carbocycles. The monoisotopic (exact) mass is 264 g/mol. The van der Waals surface area contributed by atoms with Crippen molar-refractivity contribution in [2.24, 2.45) is 0 Å². The summed E-state index contributed by atoms with van der Waals surface area (Å²) in [6, 6.07) is 8.38. The average molecular weight is 264 g/mol. The van der Waals surface area contributed by atoms with E-state index in [1.54, 1.807) is 18.9 Å². The predicted molar refractivity (Wildman–Crippen MR) is 75.8 cm³/mol. The van der Waals surface area contributed by atoms with Crippen LogP contribution in [-0.2, 0) is 11.3 Å². The number of nitriles is 1. The summed E-state index contributed by atoms with van der Waals surface area (Å²) in [5.41, 5.74) is 1.93. The minimum atomic E-state index is 0.771. The second kappa shape index (κ2) is 8.98. The van der Waals surface area contributed by atoms with Gasteiger partial charge in [0.25, 0.3) is 0 Å². The first-order valence-electron chi connectivity index (χ1n) is 6.17. The van der Waals surface area contributed by atoms with Gasteiger partial charge in [0.15, 0.2) is 0 Å². The molecule has 0 atom stereocenters. The van der Waals surface area contributed by atoms with Crippen LogP contribution in [0.2, 0.25) is 0 Å². The summed E-state index contributed by atoms with van der Waals surface area (Å²) in [6.07, 6.45) is 1.01. The Hall–Kier alpha value is -1.02. The first-order chi connectivity index (χ1) is 8.81. The molecule has 0 saturated carbocycles. The zero-order chi connectivity index (χ0) is 13.2. The Bertz CT molecular complexity index is 401. The van der Waals surface area contributed by atoms with E-state index in [0.29, 0.717) is 0 Å². The van der Waals surface area contributed by atoms with Gasteiger partial charge in [0, 0.05) is 30.9 Å². The number of thioether (sulfide) groups is 1. The molecule has 0 aliphatic heterocycles. The third-order valence-electron chi connectivity index (χ3n) is 2.49. The molecule has 0 spiro atoms. The smallest absolute Gasteiger partial charge is 0.100 e. The maximum Gasteiger partial charge on any atom is 0.100 e. The lowest BCUT2D eigenvalue weighted by atomic mass is 10.1. The molecular weight excluding hydrogens is 244 g/mol. The van der Waals surface area contributed by atoms with Crippen LogP contribution < -0.4 is 5.32 Å². The van der Waals surface area contributed by atoms with E-state index in [2.05, 4.69) is 24.4 Å². The molecule has 1 aromatic carbocycles. The lowest BCUT2D eigenvalue weighted by Gasteiger charge is -2.07. The topological polar surface area (TPSA) is 45.0 Å². The molecule has 1 N–H and O–H groups in total. The van der Waals surface area contributed by atoms with E-state index in [-0.39, 0.29) is 0 Å². The summed E-state index contributed by atoms with van der Waals surface area (Å²) in [4.78, 5) is 1.06. The normalized spacial score (nSPS) is 10.3. The Morgan fingerprint density at radius 3 is 2.94 bits per heavy atom. The first-order valence-corrected chi connectivity index (χ1v) is 7.15. The Labute approximate surface area is 114 Å². The van der Waals surface area contributed by atoms with Crippen LogP contribution in [0.4, 0.5) is 0 Å². The van der Waals surface area contributed by atoms with Gasteiger partial charge in [-0.1, -0.05) is 13.0 Å². The minimum absolute atomic E-state index is 0.771. The van der Waals surface area contributed by atoms with Crippen LogP contribution in [0.25, 0.3) is 0 Å². The summed E-state index contributed by atoms with van der Waals surface area (Å²) in [5.74, 6) is 0.981. The molecule has 4 heteroatoms. The molecule has 0 amide bonds. The molecule has 0 radical (unpaired) electrons. The summed E-state index contributed by atoms with van der Waals surface area (Å²) < 4.78 is 5.01. The molecule has 1 aromatic rings. The van der Waals surface area contributed by atoms with Crippen LogP contribution in [-0.4, -0.2) is 26.0 Å². The highest BCUT2D eigenvalue weighted by Crippen LogP contribution is 2.24. The van der Waals surface area contributed by atoms with Gasteiger partial charge in [0.05, 0.1) is 5.56 Å². The van der Waals surface area contributed by atoms with Crippen molar-refractivity contribution >= 4 is 11.8 Å². The number of rotatable bonds is 8. The van der Waals surface area contributed by atoms with Gasteiger partial charge in [0.2, 0.25) is 0 Å². The predicted octanol–water partition coefficient (Wildman–Crippen LogP) is 2.80. The zero-order valence-electron chi connectivity index (χ0n) is 11.0. The number of nitrogens with one attached hydrogen (secondary N) is 1. The molecule has 0 saturated heterocycles. The maximum absolute atomic E-state index is 9.16. The second-order valence-corrected chi connectivity index (χ2v) is 5.05. The summed E-state index contributed by atoms with van der Waals surface area (Å²) in [7, 11) is 1.71. The molecule has 3 nitrogen and oxygen atoms in total. The highest BCUT2D eigenvalue weighted by molar-refractivity contribution is 7.99. The van der Waals surface area contributed by atoms with Gasteiger partial charge in [-0.2, -0.15) is 5.26 Å². The first kappa shape index (κ1) is 15.0. The van der Waals surface area contributed by atoms with Crippen molar-refractivity contribution in [2.75, 3.05) is 26.0 Å². The summed E-state index contributed by atoms with van der Waals surface area (Å²) >= 11 is 1.72. The third-order valence-corrected chi connectivity index (χ3v) is 3.65. The van der Waals surface area contributed by atoms with E-state index in [0.717, 1.165) is 47.9 Å². The number of hydrogen-bond donors (Lipinski definition) is 1. The van der Waals surface area contributed by atoms with E-state index in [1.807, 2.05) is 12.1 Å². The highest BCUT2D eigenvalue weighted by Gasteiger charge is 2.04. The van der Waals surface area contributed by atoms with Crippen LogP contribution in [0.1, 0.15) is 24.5 Å². The third kappa shape index (κ3) is 5.09. The lowest BCUT2D eigenvalue weighted by molar-refractivity contribution is 0.200. The number of nitrogens with zero attached hydrogens (tertiary/aromatic N) is 1. The van der Waals surface area contributed by atoms with Gasteiger partial charge in [-0.25, -0.2) is 0 Å². The van der Waals surface area contributed by atoms with Crippen LogP contribution in [0, 0.1) is 11.3 Å². The lowest BCUT2D eigenvalue weighted by Crippen LogP contribution is -2.11. The van der Waals surface area contributed by atoms with Gasteiger partial charge >= 0.3 is 0 Å². The van der Waals surface area contributed by atoms with Gasteiger partial charge < -0.3 is 10.1 Å². The fourth-order valence-corrected chi connectivity index (χ4v) is 2.46. The molecule has 98 valence electrons. The molecule has 0 heterocycles. The number of ether oxygens (including phenoxy) is 1. The second-order valence-electron chi connectivity index (χ2n) is 3.92. The van der Waals surface area contributed by atoms with Crippen LogP contribution >= 0.6 is 11.8 Å². The fraction of sp³-hybridized carbons (Fsp3) is 0.500. The SMILES string of the molecule is CCNCc1ccc(SCCCOC)c(C#N)c1. The van der Waals surface area contributed by atoms with Crippen LogP contribution in [0.15, 0.2) is 23.1 Å². The quantitative estimate of drug-likeness (QED) is 0.579. The van der Waals surface area contributed by atoms with Crippen LogP contribution in [0.5, 0.6) is 0 Å². The van der Waals surface area contributed by atoms with Gasteiger partial charge in [0.1, 0.15) is 6.07 Å². The average Bonchev–Trinajstić information content (AvgIpc) is 2.42. The Kier molecular flexibility index (Phi) is 7.51. The molecule has 1 rings (SSSR count). The Morgan fingerprint density at radius 2 is 2.28 bits per heavy atom. The van der Waals surface area contributed by atoms with Crippen molar-refractivity contribution in [3.63, 3.8) is 0 Å². The standard InChI is InChI=1S/C14H20N2OS/c1-3-16-11-12-5-6-14(13(9-12)10-15)18-8-4-7-17-2/h5-6,9,16H,3-4,7-8,11H2,1-2H3. The van der Waals surface area contributed by atoms with Crippen molar-refractivity contribution in [1.82, 2.24) is 5.32 Å². The van der Waals surface area contributed by atoms with E-state index >= 15 is 0 Å². The van der Waals surface area contributed by atoms with Crippen molar-refractivity contribution in [2.45, 2.75) is 24.8 Å². The van der Waals surface area contributed by atoms with Gasteiger partial charge in [-0.15, -0.1) is 11.8 Å². The molecule has 0 bridgehead atoms. The van der Waals surface area contributed by atoms with Gasteiger partial charge in [-0.05, 0) is 30.7 Å². The largest absolute Gasteiger partial charge is 0.385 e. The summed E-state index contributed by atoms with van der Waals surface area (Å²) in [5, 5.41) is 12.4. The molecule has 0 unspecified atom stereocenters. The molecule has 0 aromatic heterocycles.